The van der Waals surface area contributed by atoms with Crippen LogP contribution in [0.1, 0.15) is 26.2 Å². The van der Waals surface area contributed by atoms with E-state index < -0.39 is 0 Å². The number of halogens is 1. The molecule has 1 amide bonds. The molecule has 0 aromatic carbocycles. The van der Waals surface area contributed by atoms with Gasteiger partial charge in [-0.2, -0.15) is 0 Å². The molecule has 0 atom stereocenters. The van der Waals surface area contributed by atoms with E-state index in [-0.39, 0.29) is 5.91 Å². The van der Waals surface area contributed by atoms with Crippen molar-refractivity contribution in [1.82, 2.24) is 4.90 Å². The van der Waals surface area contributed by atoms with Gasteiger partial charge in [0.2, 0.25) is 5.91 Å². The Bertz CT molecular complexity index is 191. The van der Waals surface area contributed by atoms with Gasteiger partial charge in [0, 0.05) is 38.6 Å². The third-order valence-corrected chi connectivity index (χ3v) is 3.02. The van der Waals surface area contributed by atoms with E-state index in [1.807, 2.05) is 11.8 Å². The van der Waals surface area contributed by atoms with Crippen LogP contribution in [0.2, 0.25) is 0 Å². The van der Waals surface area contributed by atoms with E-state index >= 15 is 0 Å². The van der Waals surface area contributed by atoms with Crippen LogP contribution in [0.25, 0.3) is 0 Å². The Morgan fingerprint density at radius 2 is 2.13 bits per heavy atom. The Morgan fingerprint density at radius 3 is 2.67 bits per heavy atom. The van der Waals surface area contributed by atoms with Crippen molar-refractivity contribution in [2.75, 3.05) is 32.2 Å². The number of nitrogens with zero attached hydrogens (tertiary/aromatic N) is 1. The highest BCUT2D eigenvalue weighted by atomic mass is 35.5. The number of carbonyl (C=O) groups excluding carboxylic acids is 1. The smallest absolute Gasteiger partial charge is 0.223 e. The molecule has 0 aromatic heterocycles. The Kier molecular flexibility index (Phi) is 6.03. The summed E-state index contributed by atoms with van der Waals surface area (Å²) in [5.74, 6) is 1.25. The average molecular weight is 234 g/mol. The van der Waals surface area contributed by atoms with E-state index in [9.17, 15) is 4.79 Å². The number of hydrogen-bond acceptors (Lipinski definition) is 2. The van der Waals surface area contributed by atoms with Crippen molar-refractivity contribution in [3.63, 3.8) is 0 Å². The average Bonchev–Trinajstić information content (AvgIpc) is 2.27. The van der Waals surface area contributed by atoms with Gasteiger partial charge in [-0.25, -0.2) is 0 Å². The molecule has 0 aliphatic carbocycles. The topological polar surface area (TPSA) is 29.5 Å². The molecule has 15 heavy (non-hydrogen) atoms. The van der Waals surface area contributed by atoms with Gasteiger partial charge in [0.1, 0.15) is 0 Å². The maximum atomic E-state index is 11.5. The summed E-state index contributed by atoms with van der Waals surface area (Å²) < 4.78 is 5.39. The van der Waals surface area contributed by atoms with Gasteiger partial charge >= 0.3 is 0 Å². The van der Waals surface area contributed by atoms with E-state index in [1.54, 1.807) is 0 Å². The zero-order valence-corrected chi connectivity index (χ0v) is 10.1. The SMILES string of the molecule is CCOCC1CCN(C(=O)CCCl)CC1. The van der Waals surface area contributed by atoms with Gasteiger partial charge in [0.15, 0.2) is 0 Å². The van der Waals surface area contributed by atoms with Gasteiger partial charge in [-0.15, -0.1) is 11.6 Å². The second kappa shape index (κ2) is 7.07. The number of amides is 1. The van der Waals surface area contributed by atoms with Crippen LogP contribution in [-0.4, -0.2) is 43.0 Å². The lowest BCUT2D eigenvalue weighted by molar-refractivity contribution is -0.132. The molecule has 88 valence electrons. The quantitative estimate of drug-likeness (QED) is 0.679. The van der Waals surface area contributed by atoms with Gasteiger partial charge in [0.05, 0.1) is 0 Å². The zero-order valence-electron chi connectivity index (χ0n) is 9.38. The minimum atomic E-state index is 0.194. The van der Waals surface area contributed by atoms with Crippen molar-refractivity contribution in [1.29, 1.82) is 0 Å². The molecular formula is C11H20ClNO2. The number of ether oxygens (including phenoxy) is 1. The molecule has 0 bridgehead atoms. The normalized spacial score (nSPS) is 18.1. The van der Waals surface area contributed by atoms with Gasteiger partial charge < -0.3 is 9.64 Å². The monoisotopic (exact) mass is 233 g/mol. The molecule has 3 nitrogen and oxygen atoms in total. The molecule has 1 fully saturated rings. The second-order valence-corrected chi connectivity index (χ2v) is 4.30. The van der Waals surface area contributed by atoms with E-state index in [2.05, 4.69) is 0 Å². The summed E-state index contributed by atoms with van der Waals surface area (Å²) in [5.41, 5.74) is 0. The molecule has 0 N–H and O–H groups in total. The third-order valence-electron chi connectivity index (χ3n) is 2.83. The van der Waals surface area contributed by atoms with Crippen molar-refractivity contribution in [3.8, 4) is 0 Å². The minimum absolute atomic E-state index is 0.194. The highest BCUT2D eigenvalue weighted by Gasteiger charge is 2.22. The highest BCUT2D eigenvalue weighted by Crippen LogP contribution is 2.18. The van der Waals surface area contributed by atoms with Crippen LogP contribution in [0.5, 0.6) is 0 Å². The summed E-state index contributed by atoms with van der Waals surface area (Å²) >= 11 is 5.55. The first-order valence-corrected chi connectivity index (χ1v) is 6.22. The van der Waals surface area contributed by atoms with E-state index in [0.717, 1.165) is 39.1 Å². The summed E-state index contributed by atoms with van der Waals surface area (Å²) in [6, 6.07) is 0. The number of rotatable bonds is 5. The first-order chi connectivity index (χ1) is 7.27. The summed E-state index contributed by atoms with van der Waals surface area (Å²) in [6.45, 7) is 5.37. The standard InChI is InChI=1S/C11H20ClNO2/c1-2-15-9-10-4-7-13(8-5-10)11(14)3-6-12/h10H,2-9H2,1H3. The van der Waals surface area contributed by atoms with E-state index in [0.29, 0.717) is 18.2 Å². The fourth-order valence-electron chi connectivity index (χ4n) is 1.87. The van der Waals surface area contributed by atoms with Crippen molar-refractivity contribution in [2.45, 2.75) is 26.2 Å². The molecule has 1 aliphatic rings. The predicted octanol–water partition coefficient (Wildman–Crippen LogP) is 1.89. The largest absolute Gasteiger partial charge is 0.381 e. The first kappa shape index (κ1) is 12.8. The molecule has 0 aromatic rings. The Hall–Kier alpha value is -0.280. The number of hydrogen-bond donors (Lipinski definition) is 0. The molecule has 0 radical (unpaired) electrons. The summed E-state index contributed by atoms with van der Waals surface area (Å²) in [4.78, 5) is 13.5. The Labute approximate surface area is 96.7 Å². The van der Waals surface area contributed by atoms with Crippen molar-refractivity contribution >= 4 is 17.5 Å². The Balaban J connectivity index is 2.20. The van der Waals surface area contributed by atoms with Crippen LogP contribution in [0.15, 0.2) is 0 Å². The number of likely N-dealkylation sites (tertiary alicyclic amines) is 1. The third kappa shape index (κ3) is 4.39. The number of alkyl halides is 1. The Morgan fingerprint density at radius 1 is 1.47 bits per heavy atom. The van der Waals surface area contributed by atoms with Crippen molar-refractivity contribution in [3.05, 3.63) is 0 Å². The summed E-state index contributed by atoms with van der Waals surface area (Å²) in [5, 5.41) is 0. The maximum absolute atomic E-state index is 11.5. The fraction of sp³-hybridized carbons (Fsp3) is 0.909. The lowest BCUT2D eigenvalue weighted by atomic mass is 9.97. The van der Waals surface area contributed by atoms with Crippen LogP contribution in [0.3, 0.4) is 0 Å². The number of piperidine rings is 1. The van der Waals surface area contributed by atoms with Gasteiger partial charge in [-0.3, -0.25) is 4.79 Å². The fourth-order valence-corrected chi connectivity index (χ4v) is 2.03. The van der Waals surface area contributed by atoms with Crippen LogP contribution in [0, 0.1) is 5.92 Å². The molecule has 4 heteroatoms. The van der Waals surface area contributed by atoms with Gasteiger partial charge in [-0.1, -0.05) is 0 Å². The molecule has 1 saturated heterocycles. The predicted molar refractivity (Wildman–Crippen MR) is 61.1 cm³/mol. The van der Waals surface area contributed by atoms with Crippen LogP contribution in [-0.2, 0) is 9.53 Å². The van der Waals surface area contributed by atoms with Crippen molar-refractivity contribution < 1.29 is 9.53 Å². The molecular weight excluding hydrogens is 214 g/mol. The minimum Gasteiger partial charge on any atom is -0.381 e. The molecule has 1 aliphatic heterocycles. The van der Waals surface area contributed by atoms with Crippen LogP contribution in [0.4, 0.5) is 0 Å². The van der Waals surface area contributed by atoms with Crippen molar-refractivity contribution in [2.24, 2.45) is 5.92 Å². The second-order valence-electron chi connectivity index (χ2n) is 3.92. The lowest BCUT2D eigenvalue weighted by Gasteiger charge is -2.31. The van der Waals surface area contributed by atoms with Crippen LogP contribution < -0.4 is 0 Å². The zero-order chi connectivity index (χ0) is 11.1. The molecule has 1 rings (SSSR count). The molecule has 0 unspecified atom stereocenters. The van der Waals surface area contributed by atoms with Gasteiger partial charge in [-0.05, 0) is 25.7 Å². The molecule has 0 saturated carbocycles. The van der Waals surface area contributed by atoms with E-state index in [4.69, 9.17) is 16.3 Å². The molecule has 0 spiro atoms. The highest BCUT2D eigenvalue weighted by molar-refractivity contribution is 6.18. The first-order valence-electron chi connectivity index (χ1n) is 5.69. The number of carbonyl (C=O) groups is 1. The lowest BCUT2D eigenvalue weighted by Crippen LogP contribution is -2.39. The molecule has 1 heterocycles. The van der Waals surface area contributed by atoms with E-state index in [1.165, 1.54) is 0 Å². The van der Waals surface area contributed by atoms with Gasteiger partial charge in [0.25, 0.3) is 0 Å². The maximum Gasteiger partial charge on any atom is 0.223 e. The summed E-state index contributed by atoms with van der Waals surface area (Å²) in [7, 11) is 0. The summed E-state index contributed by atoms with van der Waals surface area (Å²) in [6.07, 6.45) is 2.60. The van der Waals surface area contributed by atoms with Crippen LogP contribution >= 0.6 is 11.6 Å².